The first-order chi connectivity index (χ1) is 8.16. The zero-order valence-corrected chi connectivity index (χ0v) is 12.7. The topological polar surface area (TPSA) is 9.23 Å². The summed E-state index contributed by atoms with van der Waals surface area (Å²) in [6.07, 6.45) is 0. The van der Waals surface area contributed by atoms with Gasteiger partial charge in [-0.3, -0.25) is 0 Å². The van der Waals surface area contributed by atoms with Crippen molar-refractivity contribution in [1.82, 2.24) is 0 Å². The van der Waals surface area contributed by atoms with E-state index in [4.69, 9.17) is 16.3 Å². The van der Waals surface area contributed by atoms with Crippen LogP contribution in [0.2, 0.25) is 5.02 Å². The molecule has 0 atom stereocenters. The number of benzene rings is 2. The maximum Gasteiger partial charge on any atom is 0.134 e. The Kier molecular flexibility index (Phi) is 4.48. The van der Waals surface area contributed by atoms with Gasteiger partial charge in [-0.15, -0.1) is 0 Å². The second-order valence-corrected chi connectivity index (χ2v) is 5.60. The molecule has 0 aliphatic heterocycles. The smallest absolute Gasteiger partial charge is 0.134 e. The molecule has 0 heterocycles. The van der Waals surface area contributed by atoms with E-state index >= 15 is 0 Å². The normalized spacial score (nSPS) is 10.3. The van der Waals surface area contributed by atoms with Crippen molar-refractivity contribution >= 4 is 43.5 Å². The van der Waals surface area contributed by atoms with Crippen molar-refractivity contribution < 1.29 is 4.74 Å². The molecule has 0 radical (unpaired) electrons. The summed E-state index contributed by atoms with van der Waals surface area (Å²) in [5, 5.41) is 0.685. The van der Waals surface area contributed by atoms with Crippen molar-refractivity contribution in [2.45, 2.75) is 6.61 Å². The molecule has 0 fully saturated rings. The number of hydrogen-bond acceptors (Lipinski definition) is 1. The molecular formula is C13H9Br2ClO. The fourth-order valence-electron chi connectivity index (χ4n) is 1.36. The van der Waals surface area contributed by atoms with Crippen molar-refractivity contribution in [3.63, 3.8) is 0 Å². The highest BCUT2D eigenvalue weighted by molar-refractivity contribution is 9.10. The van der Waals surface area contributed by atoms with E-state index in [2.05, 4.69) is 31.9 Å². The Morgan fingerprint density at radius 2 is 1.76 bits per heavy atom. The quantitative estimate of drug-likeness (QED) is 0.693. The first kappa shape index (κ1) is 12.9. The van der Waals surface area contributed by atoms with Crippen LogP contribution in [0.25, 0.3) is 0 Å². The van der Waals surface area contributed by atoms with Gasteiger partial charge in [-0.1, -0.05) is 45.7 Å². The van der Waals surface area contributed by atoms with E-state index in [0.717, 1.165) is 20.3 Å². The molecule has 2 rings (SSSR count). The first-order valence-corrected chi connectivity index (χ1v) is 6.94. The van der Waals surface area contributed by atoms with Crippen LogP contribution in [0.3, 0.4) is 0 Å². The van der Waals surface area contributed by atoms with Crippen LogP contribution >= 0.6 is 43.5 Å². The SMILES string of the molecule is Clc1ccc(OCc2ccccc2Br)c(Br)c1. The number of ether oxygens (including phenoxy) is 1. The third kappa shape index (κ3) is 3.47. The Morgan fingerprint density at radius 1 is 1.00 bits per heavy atom. The molecule has 1 nitrogen and oxygen atoms in total. The molecule has 0 N–H and O–H groups in total. The molecule has 4 heteroatoms. The third-order valence-corrected chi connectivity index (χ3v) is 3.86. The Balaban J connectivity index is 2.10. The van der Waals surface area contributed by atoms with E-state index in [1.807, 2.05) is 42.5 Å². The maximum absolute atomic E-state index is 5.87. The standard InChI is InChI=1S/C13H9Br2ClO/c14-11-4-2-1-3-9(11)8-17-13-6-5-10(16)7-12(13)15/h1-7H,8H2. The van der Waals surface area contributed by atoms with Crippen LogP contribution in [-0.2, 0) is 6.61 Å². The molecule has 0 aliphatic carbocycles. The van der Waals surface area contributed by atoms with Gasteiger partial charge in [0.15, 0.2) is 0 Å². The van der Waals surface area contributed by atoms with E-state index in [1.54, 1.807) is 0 Å². The summed E-state index contributed by atoms with van der Waals surface area (Å²) < 4.78 is 7.63. The summed E-state index contributed by atoms with van der Waals surface area (Å²) in [4.78, 5) is 0. The molecule has 0 aromatic heterocycles. The Morgan fingerprint density at radius 3 is 2.47 bits per heavy atom. The van der Waals surface area contributed by atoms with Gasteiger partial charge in [0.2, 0.25) is 0 Å². The number of halogens is 3. The minimum absolute atomic E-state index is 0.516. The molecule has 0 amide bonds. The summed E-state index contributed by atoms with van der Waals surface area (Å²) >= 11 is 12.8. The largest absolute Gasteiger partial charge is 0.488 e. The minimum Gasteiger partial charge on any atom is -0.488 e. The van der Waals surface area contributed by atoms with Gasteiger partial charge in [-0.2, -0.15) is 0 Å². The highest BCUT2D eigenvalue weighted by atomic mass is 79.9. The van der Waals surface area contributed by atoms with Gasteiger partial charge in [0.1, 0.15) is 12.4 Å². The van der Waals surface area contributed by atoms with Crippen molar-refractivity contribution in [1.29, 1.82) is 0 Å². The Labute approximate surface area is 122 Å². The fourth-order valence-corrected chi connectivity index (χ4v) is 2.56. The summed E-state index contributed by atoms with van der Waals surface area (Å²) in [6.45, 7) is 0.516. The second-order valence-electron chi connectivity index (χ2n) is 3.45. The lowest BCUT2D eigenvalue weighted by atomic mass is 10.2. The van der Waals surface area contributed by atoms with Gasteiger partial charge < -0.3 is 4.74 Å². The molecule has 17 heavy (non-hydrogen) atoms. The number of hydrogen-bond donors (Lipinski definition) is 0. The van der Waals surface area contributed by atoms with Crippen molar-refractivity contribution in [3.8, 4) is 5.75 Å². The molecule has 2 aromatic carbocycles. The minimum atomic E-state index is 0.516. The monoisotopic (exact) mass is 374 g/mol. The fraction of sp³-hybridized carbons (Fsp3) is 0.0769. The predicted molar refractivity (Wildman–Crippen MR) is 77.6 cm³/mol. The summed E-state index contributed by atoms with van der Waals surface area (Å²) in [5.41, 5.74) is 1.11. The summed E-state index contributed by atoms with van der Waals surface area (Å²) in [5.74, 6) is 0.783. The molecule has 0 saturated carbocycles. The van der Waals surface area contributed by atoms with Gasteiger partial charge in [-0.05, 0) is 40.2 Å². The lowest BCUT2D eigenvalue weighted by Crippen LogP contribution is -1.96. The lowest BCUT2D eigenvalue weighted by molar-refractivity contribution is 0.303. The van der Waals surface area contributed by atoms with Crippen LogP contribution in [0, 0.1) is 0 Å². The van der Waals surface area contributed by atoms with Crippen LogP contribution < -0.4 is 4.74 Å². The van der Waals surface area contributed by atoms with Crippen LogP contribution in [0.15, 0.2) is 51.4 Å². The zero-order chi connectivity index (χ0) is 12.3. The van der Waals surface area contributed by atoms with Crippen LogP contribution in [-0.4, -0.2) is 0 Å². The van der Waals surface area contributed by atoms with Crippen molar-refractivity contribution in [3.05, 3.63) is 62.0 Å². The molecule has 0 unspecified atom stereocenters. The van der Waals surface area contributed by atoms with Crippen LogP contribution in [0.5, 0.6) is 5.75 Å². The number of rotatable bonds is 3. The van der Waals surface area contributed by atoms with Gasteiger partial charge in [-0.25, -0.2) is 0 Å². The van der Waals surface area contributed by atoms with Gasteiger partial charge in [0, 0.05) is 15.1 Å². The highest BCUT2D eigenvalue weighted by Crippen LogP contribution is 2.29. The van der Waals surface area contributed by atoms with Gasteiger partial charge in [0.05, 0.1) is 4.47 Å². The summed E-state index contributed by atoms with van der Waals surface area (Å²) in [7, 11) is 0. The van der Waals surface area contributed by atoms with E-state index < -0.39 is 0 Å². The predicted octanol–water partition coefficient (Wildman–Crippen LogP) is 5.44. The molecule has 2 aromatic rings. The first-order valence-electron chi connectivity index (χ1n) is 4.98. The van der Waals surface area contributed by atoms with E-state index in [0.29, 0.717) is 11.6 Å². The van der Waals surface area contributed by atoms with Gasteiger partial charge >= 0.3 is 0 Å². The Hall–Kier alpha value is -0.510. The molecular weight excluding hydrogens is 367 g/mol. The third-order valence-electron chi connectivity index (χ3n) is 2.23. The molecule has 0 aliphatic rings. The molecule has 0 saturated heterocycles. The lowest BCUT2D eigenvalue weighted by Gasteiger charge is -2.09. The van der Waals surface area contributed by atoms with Crippen LogP contribution in [0.1, 0.15) is 5.56 Å². The molecule has 88 valence electrons. The average molecular weight is 376 g/mol. The van der Waals surface area contributed by atoms with Crippen LogP contribution in [0.4, 0.5) is 0 Å². The van der Waals surface area contributed by atoms with Crippen molar-refractivity contribution in [2.75, 3.05) is 0 Å². The second kappa shape index (κ2) is 5.89. The zero-order valence-electron chi connectivity index (χ0n) is 8.79. The van der Waals surface area contributed by atoms with Gasteiger partial charge in [0.25, 0.3) is 0 Å². The van der Waals surface area contributed by atoms with Crippen molar-refractivity contribution in [2.24, 2.45) is 0 Å². The molecule has 0 bridgehead atoms. The van der Waals surface area contributed by atoms with E-state index in [-0.39, 0.29) is 0 Å². The maximum atomic E-state index is 5.87. The van der Waals surface area contributed by atoms with E-state index in [1.165, 1.54) is 0 Å². The average Bonchev–Trinajstić information content (AvgIpc) is 2.30. The highest BCUT2D eigenvalue weighted by Gasteiger charge is 2.04. The molecule has 0 spiro atoms. The summed E-state index contributed by atoms with van der Waals surface area (Å²) in [6, 6.07) is 13.5. The Bertz CT molecular complexity index is 529. The van der Waals surface area contributed by atoms with E-state index in [9.17, 15) is 0 Å².